The van der Waals surface area contributed by atoms with Crippen LogP contribution in [0, 0.1) is 23.2 Å². The molecule has 4 rings (SSSR count). The first-order valence-corrected chi connectivity index (χ1v) is 15.4. The minimum Gasteiger partial charge on any atom is -0.352 e. The van der Waals surface area contributed by atoms with E-state index in [1.807, 2.05) is 31.2 Å². The van der Waals surface area contributed by atoms with Gasteiger partial charge in [0.2, 0.25) is 0 Å². The number of ketones is 1. The maximum atomic E-state index is 13.7. The van der Waals surface area contributed by atoms with Crippen LogP contribution in [-0.4, -0.2) is 29.5 Å². The number of nitrogens with one attached hydrogen (secondary N) is 1. The van der Waals surface area contributed by atoms with Gasteiger partial charge in [-0.05, 0) is 97.9 Å². The van der Waals surface area contributed by atoms with E-state index in [4.69, 9.17) is 4.99 Å². The molecule has 1 aliphatic heterocycles. The Morgan fingerprint density at radius 1 is 1.05 bits per heavy atom. The zero-order valence-corrected chi connectivity index (χ0v) is 25.6. The largest absolute Gasteiger partial charge is 0.416 e. The molecule has 7 heteroatoms. The molecule has 228 valence electrons. The molecule has 1 heterocycles. The molecule has 2 aromatic carbocycles. The van der Waals surface area contributed by atoms with Gasteiger partial charge in [-0.2, -0.15) is 13.2 Å². The highest BCUT2D eigenvalue weighted by atomic mass is 19.4. The third-order valence-corrected chi connectivity index (χ3v) is 9.70. The third-order valence-electron chi connectivity index (χ3n) is 9.70. The number of carbonyl (C=O) groups is 2. The SMILES string of the molecule is CCCNC(=O)c1ccc(CCC2CC(=O)C(c3cccc(C(F)(F)F)c3)=NC3(CCC(C(C)(C)C)CC3)C2C)cc1. The highest BCUT2D eigenvalue weighted by Crippen LogP contribution is 2.50. The first-order chi connectivity index (χ1) is 19.7. The van der Waals surface area contributed by atoms with Gasteiger partial charge >= 0.3 is 6.18 Å². The van der Waals surface area contributed by atoms with Gasteiger partial charge in [-0.3, -0.25) is 14.6 Å². The lowest BCUT2D eigenvalue weighted by Gasteiger charge is -2.46. The maximum Gasteiger partial charge on any atom is 0.416 e. The van der Waals surface area contributed by atoms with Gasteiger partial charge in [-0.25, -0.2) is 0 Å². The number of aliphatic imine (C=N–C) groups is 1. The fourth-order valence-electron chi connectivity index (χ4n) is 6.82. The maximum absolute atomic E-state index is 13.7. The van der Waals surface area contributed by atoms with E-state index < -0.39 is 17.3 Å². The third kappa shape index (κ3) is 7.33. The number of rotatable bonds is 7. The Kier molecular flexibility index (Phi) is 9.68. The molecule has 4 nitrogen and oxygen atoms in total. The first-order valence-electron chi connectivity index (χ1n) is 15.4. The van der Waals surface area contributed by atoms with Crippen LogP contribution in [0.15, 0.2) is 53.5 Å². The van der Waals surface area contributed by atoms with E-state index in [9.17, 15) is 22.8 Å². The van der Waals surface area contributed by atoms with Crippen LogP contribution in [-0.2, 0) is 17.4 Å². The predicted octanol–water partition coefficient (Wildman–Crippen LogP) is 8.47. The zero-order chi connectivity index (χ0) is 30.7. The lowest BCUT2D eigenvalue weighted by molar-refractivity contribution is -0.137. The van der Waals surface area contributed by atoms with Gasteiger partial charge < -0.3 is 5.32 Å². The molecule has 42 heavy (non-hydrogen) atoms. The van der Waals surface area contributed by atoms with Crippen LogP contribution in [0.5, 0.6) is 0 Å². The molecule has 1 fully saturated rings. The molecular weight excluding hydrogens is 537 g/mol. The molecule has 1 amide bonds. The Bertz CT molecular complexity index is 1280. The van der Waals surface area contributed by atoms with E-state index in [1.165, 1.54) is 6.07 Å². The number of amides is 1. The van der Waals surface area contributed by atoms with Crippen molar-refractivity contribution in [2.75, 3.05) is 6.54 Å². The number of halogens is 3. The number of carbonyl (C=O) groups excluding carboxylic acids is 2. The van der Waals surface area contributed by atoms with Crippen LogP contribution in [0.2, 0.25) is 0 Å². The quantitative estimate of drug-likeness (QED) is 0.356. The summed E-state index contributed by atoms with van der Waals surface area (Å²) in [5.74, 6) is 0.420. The van der Waals surface area contributed by atoms with Gasteiger partial charge in [-0.1, -0.05) is 58.9 Å². The summed E-state index contributed by atoms with van der Waals surface area (Å²) in [7, 11) is 0. The van der Waals surface area contributed by atoms with Gasteiger partial charge in [0.15, 0.2) is 5.78 Å². The molecular formula is C35H45F3N2O2. The highest BCUT2D eigenvalue weighted by molar-refractivity contribution is 6.46. The summed E-state index contributed by atoms with van der Waals surface area (Å²) in [6, 6.07) is 12.7. The van der Waals surface area contributed by atoms with Crippen molar-refractivity contribution in [3.63, 3.8) is 0 Å². The molecule has 0 radical (unpaired) electrons. The van der Waals surface area contributed by atoms with Crippen molar-refractivity contribution in [1.29, 1.82) is 0 Å². The van der Waals surface area contributed by atoms with Crippen LogP contribution < -0.4 is 5.32 Å². The number of alkyl halides is 3. The molecule has 2 atom stereocenters. The molecule has 2 unspecified atom stereocenters. The average molecular weight is 583 g/mol. The normalized spacial score (nSPS) is 25.2. The van der Waals surface area contributed by atoms with E-state index in [2.05, 4.69) is 33.0 Å². The number of hydrogen-bond donors (Lipinski definition) is 1. The smallest absolute Gasteiger partial charge is 0.352 e. The molecule has 0 bridgehead atoms. The minimum absolute atomic E-state index is 0.0447. The summed E-state index contributed by atoms with van der Waals surface area (Å²) in [5, 5.41) is 2.89. The second-order valence-corrected chi connectivity index (χ2v) is 13.5. The zero-order valence-electron chi connectivity index (χ0n) is 25.6. The lowest BCUT2D eigenvalue weighted by atomic mass is 9.62. The van der Waals surface area contributed by atoms with Crippen molar-refractivity contribution >= 4 is 17.4 Å². The summed E-state index contributed by atoms with van der Waals surface area (Å²) in [4.78, 5) is 31.2. The Hall–Kier alpha value is -2.96. The van der Waals surface area contributed by atoms with Crippen molar-refractivity contribution in [3.05, 3.63) is 70.8 Å². The Morgan fingerprint density at radius 2 is 1.71 bits per heavy atom. The van der Waals surface area contributed by atoms with Gasteiger partial charge in [0.25, 0.3) is 5.91 Å². The minimum atomic E-state index is -4.49. The number of aryl methyl sites for hydroxylation is 1. The second-order valence-electron chi connectivity index (χ2n) is 13.5. The van der Waals surface area contributed by atoms with E-state index in [1.54, 1.807) is 6.07 Å². The molecule has 1 spiro atoms. The van der Waals surface area contributed by atoms with E-state index >= 15 is 0 Å². The first kappa shape index (κ1) is 32.0. The van der Waals surface area contributed by atoms with Crippen molar-refractivity contribution in [2.24, 2.45) is 28.2 Å². The number of benzene rings is 2. The number of Topliss-reactive ketones (excluding diaryl/α,β-unsaturated/α-hetero) is 1. The Labute approximate surface area is 248 Å². The molecule has 1 saturated carbocycles. The molecule has 2 aliphatic rings. The highest BCUT2D eigenvalue weighted by Gasteiger charge is 2.47. The van der Waals surface area contributed by atoms with E-state index in [0.29, 0.717) is 18.0 Å². The fourth-order valence-corrected chi connectivity index (χ4v) is 6.82. The van der Waals surface area contributed by atoms with E-state index in [0.717, 1.165) is 62.6 Å². The summed E-state index contributed by atoms with van der Waals surface area (Å²) in [6.07, 6.45) is 1.77. The van der Waals surface area contributed by atoms with Crippen molar-refractivity contribution in [3.8, 4) is 0 Å². The molecule has 0 aromatic heterocycles. The van der Waals surface area contributed by atoms with Crippen LogP contribution in [0.1, 0.15) is 107 Å². The van der Waals surface area contributed by atoms with Crippen molar-refractivity contribution < 1.29 is 22.8 Å². The Balaban J connectivity index is 1.61. The van der Waals surface area contributed by atoms with Crippen LogP contribution in [0.4, 0.5) is 13.2 Å². The molecule has 0 saturated heterocycles. The summed E-state index contributed by atoms with van der Waals surface area (Å²) in [5.41, 5.74) is 1.10. The van der Waals surface area contributed by atoms with E-state index in [-0.39, 0.29) is 46.6 Å². The van der Waals surface area contributed by atoms with Gasteiger partial charge in [0.1, 0.15) is 5.71 Å². The number of hydrogen-bond acceptors (Lipinski definition) is 3. The fraction of sp³-hybridized carbons (Fsp3) is 0.571. The van der Waals surface area contributed by atoms with Crippen LogP contribution in [0.3, 0.4) is 0 Å². The van der Waals surface area contributed by atoms with Crippen molar-refractivity contribution in [2.45, 2.75) is 97.7 Å². The molecule has 2 aromatic rings. The summed E-state index contributed by atoms with van der Waals surface area (Å²) < 4.78 is 40.7. The average Bonchev–Trinajstić information content (AvgIpc) is 3.05. The second kappa shape index (κ2) is 12.7. The molecule has 1 N–H and O–H groups in total. The van der Waals surface area contributed by atoms with Crippen LogP contribution >= 0.6 is 0 Å². The lowest BCUT2D eigenvalue weighted by Crippen LogP contribution is -2.43. The summed E-state index contributed by atoms with van der Waals surface area (Å²) >= 11 is 0. The molecule has 1 aliphatic carbocycles. The standard InChI is InChI=1S/C35H45F3N2O2/c1-6-20-39-32(42)25-13-10-24(11-14-25)12-15-26-22-30(41)31(27-8-7-9-29(21-27)35(36,37)38)40-34(23(26)2)18-16-28(17-19-34)33(3,4)5/h7-11,13-14,21,23,26,28H,6,12,15-20,22H2,1-5H3,(H,39,42). The van der Waals surface area contributed by atoms with Crippen molar-refractivity contribution in [1.82, 2.24) is 5.32 Å². The topological polar surface area (TPSA) is 58.5 Å². The van der Waals surface area contributed by atoms with Crippen LogP contribution in [0.25, 0.3) is 0 Å². The van der Waals surface area contributed by atoms with Gasteiger partial charge in [-0.15, -0.1) is 0 Å². The van der Waals surface area contributed by atoms with Gasteiger partial charge in [0, 0.05) is 24.1 Å². The summed E-state index contributed by atoms with van der Waals surface area (Å²) in [6.45, 7) is 11.6. The van der Waals surface area contributed by atoms with Gasteiger partial charge in [0.05, 0.1) is 11.1 Å². The monoisotopic (exact) mass is 582 g/mol. The number of nitrogens with zero attached hydrogens (tertiary/aromatic N) is 1. The predicted molar refractivity (Wildman–Crippen MR) is 162 cm³/mol. The Morgan fingerprint density at radius 3 is 2.31 bits per heavy atom.